The minimum atomic E-state index is -0.987. The Morgan fingerprint density at radius 1 is 1.60 bits per heavy atom. The van der Waals surface area contributed by atoms with Crippen LogP contribution in [0.1, 0.15) is 0 Å². The lowest BCUT2D eigenvalue weighted by molar-refractivity contribution is -0.105. The Kier molecular flexibility index (Phi) is 5.61. The maximum absolute atomic E-state index is 9.80. The van der Waals surface area contributed by atoms with E-state index >= 15 is 0 Å². The van der Waals surface area contributed by atoms with Crippen LogP contribution in [0.3, 0.4) is 0 Å². The molecule has 0 rings (SSSR count). The summed E-state index contributed by atoms with van der Waals surface area (Å²) < 4.78 is 0. The molecule has 2 unspecified atom stereocenters. The average Bonchev–Trinajstić information content (AvgIpc) is 1.88. The van der Waals surface area contributed by atoms with Crippen molar-refractivity contribution < 1.29 is 9.90 Å². The number of rotatable bonds is 5. The third-order valence-electron chi connectivity index (χ3n) is 0.935. The Hall–Kier alpha value is -0.100. The number of aldehydes is 1. The lowest BCUT2D eigenvalue weighted by Crippen LogP contribution is -2.42. The number of aliphatic hydroxyl groups is 1. The van der Waals surface area contributed by atoms with Gasteiger partial charge in [-0.05, 0) is 0 Å². The first kappa shape index (κ1) is 9.90. The van der Waals surface area contributed by atoms with Gasteiger partial charge in [0.25, 0.3) is 0 Å². The third-order valence-corrected chi connectivity index (χ3v) is 1.93. The maximum Gasteiger partial charge on any atom is 0.129 e. The van der Waals surface area contributed by atoms with Gasteiger partial charge in [-0.1, -0.05) is 0 Å². The summed E-state index contributed by atoms with van der Waals surface area (Å²) in [4.78, 5) is 9.80. The van der Waals surface area contributed by atoms with E-state index in [9.17, 15) is 4.79 Å². The molecule has 0 aliphatic carbocycles. The molecule has 0 aliphatic rings. The second-order valence-corrected chi connectivity index (χ2v) is 2.93. The van der Waals surface area contributed by atoms with Crippen molar-refractivity contribution in [3.63, 3.8) is 0 Å². The van der Waals surface area contributed by atoms with Gasteiger partial charge >= 0.3 is 0 Å². The Labute approximate surface area is 64.0 Å². The summed E-state index contributed by atoms with van der Waals surface area (Å²) in [6, 6.07) is -0.440. The van der Waals surface area contributed by atoms with Gasteiger partial charge in [0.2, 0.25) is 0 Å². The van der Waals surface area contributed by atoms with Gasteiger partial charge in [-0.25, -0.2) is 0 Å². The van der Waals surface area contributed by atoms with Crippen molar-refractivity contribution in [2.45, 2.75) is 12.3 Å². The molecule has 0 saturated heterocycles. The zero-order chi connectivity index (χ0) is 7.98. The van der Waals surface area contributed by atoms with E-state index in [2.05, 4.69) is 0 Å². The largest absolute Gasteiger partial charge is 0.377 e. The van der Waals surface area contributed by atoms with E-state index in [-0.39, 0.29) is 0 Å². The van der Waals surface area contributed by atoms with Crippen LogP contribution in [-0.4, -0.2) is 35.2 Å². The van der Waals surface area contributed by atoms with E-state index < -0.39 is 12.3 Å². The molecule has 0 radical (unpaired) electrons. The van der Waals surface area contributed by atoms with Gasteiger partial charge in [-0.3, -0.25) is 0 Å². The minimum Gasteiger partial charge on any atom is -0.377 e. The molecule has 0 bridgehead atoms. The smallest absolute Gasteiger partial charge is 0.129 e. The molecule has 5 N–H and O–H groups in total. The number of nitrogens with two attached hydrogens (primary N) is 2. The molecule has 60 valence electrons. The monoisotopic (exact) mass is 164 g/mol. The average molecular weight is 164 g/mol. The number of carbonyl (C=O) groups is 1. The number of hydrogen-bond donors (Lipinski definition) is 3. The highest BCUT2D eigenvalue weighted by molar-refractivity contribution is 7.99. The quantitative estimate of drug-likeness (QED) is 0.262. The molecule has 5 heteroatoms. The summed E-state index contributed by atoms with van der Waals surface area (Å²) in [6.45, 7) is 0. The van der Waals surface area contributed by atoms with Gasteiger partial charge in [0.05, 0.1) is 6.04 Å². The van der Waals surface area contributed by atoms with E-state index in [0.717, 1.165) is 6.29 Å². The molecule has 0 saturated carbocycles. The molecular formula is C5H12N2O2S. The van der Waals surface area contributed by atoms with E-state index in [4.69, 9.17) is 16.6 Å². The lowest BCUT2D eigenvalue weighted by atomic mass is 10.3. The third kappa shape index (κ3) is 4.75. The van der Waals surface area contributed by atoms with Crippen LogP contribution in [0.4, 0.5) is 0 Å². The van der Waals surface area contributed by atoms with Gasteiger partial charge in [-0.2, -0.15) is 11.8 Å². The van der Waals surface area contributed by atoms with Crippen molar-refractivity contribution in [1.29, 1.82) is 0 Å². The fourth-order valence-corrected chi connectivity index (χ4v) is 1.05. The number of thioether (sulfide) groups is 1. The molecule has 0 spiro atoms. The molecule has 10 heavy (non-hydrogen) atoms. The summed E-state index contributed by atoms with van der Waals surface area (Å²) in [5.41, 5.74) is 10.4. The topological polar surface area (TPSA) is 89.3 Å². The summed E-state index contributed by atoms with van der Waals surface area (Å²) in [5, 5.41) is 8.67. The fraction of sp³-hybridized carbons (Fsp3) is 0.800. The molecule has 0 aromatic heterocycles. The fourth-order valence-electron chi connectivity index (χ4n) is 0.351. The zero-order valence-corrected chi connectivity index (χ0v) is 6.38. The van der Waals surface area contributed by atoms with Crippen molar-refractivity contribution >= 4 is 18.0 Å². The molecule has 0 aliphatic heterocycles. The number of hydrogen-bond acceptors (Lipinski definition) is 5. The Bertz CT molecular complexity index is 99.6. The molecule has 0 aromatic carbocycles. The summed E-state index contributed by atoms with van der Waals surface area (Å²) in [6.07, 6.45) is -0.195. The highest BCUT2D eigenvalue weighted by Crippen LogP contribution is 1.99. The van der Waals surface area contributed by atoms with Crippen molar-refractivity contribution in [3.8, 4) is 0 Å². The predicted molar refractivity (Wildman–Crippen MR) is 41.6 cm³/mol. The minimum absolute atomic E-state index is 0.403. The van der Waals surface area contributed by atoms with E-state index in [0.29, 0.717) is 11.5 Å². The van der Waals surface area contributed by atoms with Crippen LogP contribution in [0.2, 0.25) is 0 Å². The summed E-state index contributed by atoms with van der Waals surface area (Å²) >= 11 is 1.36. The van der Waals surface area contributed by atoms with Crippen LogP contribution >= 0.6 is 11.8 Å². The first-order valence-corrected chi connectivity index (χ1v) is 4.04. The SMILES string of the molecule is NC(O)C(N)CSCC=O. The summed E-state index contributed by atoms with van der Waals surface area (Å²) in [7, 11) is 0. The molecular weight excluding hydrogens is 152 g/mol. The van der Waals surface area contributed by atoms with E-state index in [1.54, 1.807) is 0 Å². The number of carbonyl (C=O) groups excluding carboxylic acids is 1. The van der Waals surface area contributed by atoms with Crippen molar-refractivity contribution in [1.82, 2.24) is 0 Å². The van der Waals surface area contributed by atoms with Crippen LogP contribution < -0.4 is 11.5 Å². The van der Waals surface area contributed by atoms with Gasteiger partial charge in [0.1, 0.15) is 12.5 Å². The molecule has 4 nitrogen and oxygen atoms in total. The molecule has 0 fully saturated rings. The maximum atomic E-state index is 9.80. The standard InChI is InChI=1S/C5H12N2O2S/c6-4(5(7)9)3-10-2-1-8/h1,4-5,9H,2-3,6-7H2. The Balaban J connectivity index is 3.21. The van der Waals surface area contributed by atoms with Gasteiger partial charge in [-0.15, -0.1) is 0 Å². The number of aliphatic hydroxyl groups excluding tert-OH is 1. The first-order chi connectivity index (χ1) is 4.68. The summed E-state index contributed by atoms with van der Waals surface area (Å²) in [5.74, 6) is 0.914. The van der Waals surface area contributed by atoms with Crippen LogP contribution in [0.15, 0.2) is 0 Å². The highest BCUT2D eigenvalue weighted by atomic mass is 32.2. The van der Waals surface area contributed by atoms with E-state index in [1.807, 2.05) is 0 Å². The van der Waals surface area contributed by atoms with Crippen molar-refractivity contribution in [2.24, 2.45) is 11.5 Å². The van der Waals surface area contributed by atoms with Gasteiger partial charge in [0, 0.05) is 11.5 Å². The van der Waals surface area contributed by atoms with Gasteiger partial charge < -0.3 is 21.4 Å². The zero-order valence-electron chi connectivity index (χ0n) is 5.56. The van der Waals surface area contributed by atoms with Crippen LogP contribution in [-0.2, 0) is 4.79 Å². The molecule has 0 aromatic rings. The molecule has 0 heterocycles. The Morgan fingerprint density at radius 3 is 2.60 bits per heavy atom. The van der Waals surface area contributed by atoms with Gasteiger partial charge in [0.15, 0.2) is 0 Å². The van der Waals surface area contributed by atoms with Crippen molar-refractivity contribution in [3.05, 3.63) is 0 Å². The van der Waals surface area contributed by atoms with Crippen LogP contribution in [0, 0.1) is 0 Å². The van der Waals surface area contributed by atoms with Crippen molar-refractivity contribution in [2.75, 3.05) is 11.5 Å². The predicted octanol–water partition coefficient (Wildman–Crippen LogP) is -1.48. The molecule has 2 atom stereocenters. The van der Waals surface area contributed by atoms with Crippen LogP contribution in [0.5, 0.6) is 0 Å². The molecule has 0 amide bonds. The second-order valence-electron chi connectivity index (χ2n) is 1.86. The Morgan fingerprint density at radius 2 is 2.20 bits per heavy atom. The van der Waals surface area contributed by atoms with Crippen LogP contribution in [0.25, 0.3) is 0 Å². The highest BCUT2D eigenvalue weighted by Gasteiger charge is 2.08. The van der Waals surface area contributed by atoms with E-state index in [1.165, 1.54) is 11.8 Å². The lowest BCUT2D eigenvalue weighted by Gasteiger charge is -2.12. The second kappa shape index (κ2) is 5.67. The first-order valence-electron chi connectivity index (χ1n) is 2.89. The normalized spacial score (nSPS) is 16.3.